The van der Waals surface area contributed by atoms with Crippen LogP contribution in [0.25, 0.3) is 0 Å². The maximum absolute atomic E-state index is 5.95. The zero-order valence-electron chi connectivity index (χ0n) is 13.4. The Morgan fingerprint density at radius 3 is 2.25 bits per heavy atom. The molecular formula is C17H29N3. The molecule has 2 N–H and O–H groups in total. The molecule has 1 aromatic rings. The normalized spacial score (nSPS) is 11.9. The molecule has 0 bridgehead atoms. The molecule has 1 aromatic carbocycles. The van der Waals surface area contributed by atoms with E-state index in [1.165, 1.54) is 11.1 Å². The van der Waals surface area contributed by atoms with Crippen molar-refractivity contribution in [3.05, 3.63) is 35.4 Å². The number of nitrogens with zero attached hydrogens (tertiary/aromatic N) is 2. The van der Waals surface area contributed by atoms with E-state index in [1.807, 2.05) is 0 Å². The number of hydrogen-bond acceptors (Lipinski definition) is 1. The molecule has 0 aliphatic heterocycles. The zero-order valence-corrected chi connectivity index (χ0v) is 13.4. The fraction of sp³-hybridized carbons (Fsp3) is 0.588. The van der Waals surface area contributed by atoms with E-state index < -0.39 is 0 Å². The molecule has 0 fully saturated rings. The van der Waals surface area contributed by atoms with Crippen LogP contribution in [0, 0.1) is 0 Å². The van der Waals surface area contributed by atoms with Gasteiger partial charge in [-0.25, -0.2) is 0 Å². The molecule has 3 heteroatoms. The van der Waals surface area contributed by atoms with Crippen LogP contribution in [-0.4, -0.2) is 30.5 Å². The van der Waals surface area contributed by atoms with Gasteiger partial charge in [-0.1, -0.05) is 38.1 Å². The van der Waals surface area contributed by atoms with E-state index in [1.54, 1.807) is 0 Å². The fourth-order valence-electron chi connectivity index (χ4n) is 2.19. The van der Waals surface area contributed by atoms with E-state index in [-0.39, 0.29) is 0 Å². The largest absolute Gasteiger partial charge is 0.370 e. The van der Waals surface area contributed by atoms with Crippen LogP contribution in [0.3, 0.4) is 0 Å². The first kappa shape index (κ1) is 16.5. The van der Waals surface area contributed by atoms with Crippen LogP contribution < -0.4 is 5.73 Å². The van der Waals surface area contributed by atoms with E-state index in [2.05, 4.69) is 61.9 Å². The number of benzene rings is 1. The molecule has 20 heavy (non-hydrogen) atoms. The summed E-state index contributed by atoms with van der Waals surface area (Å²) in [6.45, 7) is 11.3. The molecule has 0 aliphatic rings. The minimum Gasteiger partial charge on any atom is -0.370 e. The highest BCUT2D eigenvalue weighted by atomic mass is 15.2. The third kappa shape index (κ3) is 5.24. The topological polar surface area (TPSA) is 41.6 Å². The molecule has 0 atom stereocenters. The van der Waals surface area contributed by atoms with E-state index in [4.69, 9.17) is 5.73 Å². The van der Waals surface area contributed by atoms with Crippen molar-refractivity contribution in [3.63, 3.8) is 0 Å². The smallest absolute Gasteiger partial charge is 0.191 e. The lowest BCUT2D eigenvalue weighted by atomic mass is 10.0. The summed E-state index contributed by atoms with van der Waals surface area (Å²) in [5.74, 6) is 1.27. The van der Waals surface area contributed by atoms with Gasteiger partial charge in [0.15, 0.2) is 5.96 Å². The summed E-state index contributed by atoms with van der Waals surface area (Å²) >= 11 is 0. The lowest BCUT2D eigenvalue weighted by Crippen LogP contribution is -2.37. The lowest BCUT2D eigenvalue weighted by molar-refractivity contribution is 0.458. The summed E-state index contributed by atoms with van der Waals surface area (Å²) in [6, 6.07) is 8.92. The van der Waals surface area contributed by atoms with Crippen molar-refractivity contribution in [1.82, 2.24) is 4.90 Å². The van der Waals surface area contributed by atoms with E-state index in [9.17, 15) is 0 Å². The van der Waals surface area contributed by atoms with E-state index >= 15 is 0 Å². The van der Waals surface area contributed by atoms with Crippen LogP contribution in [0.4, 0.5) is 0 Å². The third-order valence-corrected chi connectivity index (χ3v) is 3.63. The van der Waals surface area contributed by atoms with Gasteiger partial charge in [-0.2, -0.15) is 0 Å². The predicted molar refractivity (Wildman–Crippen MR) is 88.3 cm³/mol. The number of aliphatic imine (C=N–C) groups is 1. The Labute approximate surface area is 123 Å². The summed E-state index contributed by atoms with van der Waals surface area (Å²) in [6.07, 6.45) is 2.11. The molecule has 0 saturated heterocycles. The van der Waals surface area contributed by atoms with Crippen molar-refractivity contribution in [2.45, 2.75) is 46.5 Å². The Morgan fingerprint density at radius 1 is 1.15 bits per heavy atom. The van der Waals surface area contributed by atoms with Crippen LogP contribution >= 0.6 is 0 Å². The Balaban J connectivity index is 2.39. The molecule has 0 radical (unpaired) electrons. The average molecular weight is 275 g/mol. The van der Waals surface area contributed by atoms with Crippen LogP contribution in [0.15, 0.2) is 29.3 Å². The summed E-state index contributed by atoms with van der Waals surface area (Å²) in [7, 11) is 0. The molecule has 1 rings (SSSR count). The standard InChI is InChI=1S/C17H29N3/c1-5-20(6-2)17(18)19-13-7-8-15-9-11-16(12-10-15)14(3)4/h9-12,14H,5-8,13H2,1-4H3,(H2,18,19). The number of aryl methyl sites for hydroxylation is 1. The first-order valence-electron chi connectivity index (χ1n) is 7.72. The molecule has 0 aromatic heterocycles. The van der Waals surface area contributed by atoms with Crippen molar-refractivity contribution < 1.29 is 0 Å². The maximum atomic E-state index is 5.95. The van der Waals surface area contributed by atoms with Gasteiger partial charge in [-0.15, -0.1) is 0 Å². The Hall–Kier alpha value is -1.51. The van der Waals surface area contributed by atoms with Gasteiger partial charge in [-0.3, -0.25) is 4.99 Å². The van der Waals surface area contributed by atoms with Crippen molar-refractivity contribution in [3.8, 4) is 0 Å². The second-order valence-electron chi connectivity index (χ2n) is 5.41. The molecule has 0 unspecified atom stereocenters. The Bertz CT molecular complexity index is 403. The van der Waals surface area contributed by atoms with E-state index in [0.717, 1.165) is 32.5 Å². The highest BCUT2D eigenvalue weighted by molar-refractivity contribution is 5.77. The summed E-state index contributed by atoms with van der Waals surface area (Å²) in [5.41, 5.74) is 8.73. The van der Waals surface area contributed by atoms with Crippen LogP contribution in [0.5, 0.6) is 0 Å². The predicted octanol–water partition coefficient (Wildman–Crippen LogP) is 3.40. The molecular weight excluding hydrogens is 246 g/mol. The summed E-state index contributed by atoms with van der Waals surface area (Å²) in [4.78, 5) is 6.53. The van der Waals surface area contributed by atoms with Crippen molar-refractivity contribution >= 4 is 5.96 Å². The van der Waals surface area contributed by atoms with Gasteiger partial charge in [-0.05, 0) is 43.7 Å². The maximum Gasteiger partial charge on any atom is 0.191 e. The van der Waals surface area contributed by atoms with Crippen molar-refractivity contribution in [2.75, 3.05) is 19.6 Å². The molecule has 0 saturated carbocycles. The number of guanidine groups is 1. The van der Waals surface area contributed by atoms with Crippen LogP contribution in [0.1, 0.15) is 51.2 Å². The quantitative estimate of drug-likeness (QED) is 0.471. The average Bonchev–Trinajstić information content (AvgIpc) is 2.45. The molecule has 0 amide bonds. The minimum absolute atomic E-state index is 0.600. The van der Waals surface area contributed by atoms with Crippen molar-refractivity contribution in [2.24, 2.45) is 10.7 Å². The van der Waals surface area contributed by atoms with E-state index in [0.29, 0.717) is 11.9 Å². The van der Waals surface area contributed by atoms with Crippen molar-refractivity contribution in [1.29, 1.82) is 0 Å². The fourth-order valence-corrected chi connectivity index (χ4v) is 2.19. The zero-order chi connectivity index (χ0) is 15.0. The second kappa shape index (κ2) is 8.62. The molecule has 3 nitrogen and oxygen atoms in total. The second-order valence-corrected chi connectivity index (χ2v) is 5.41. The molecule has 112 valence electrons. The SMILES string of the molecule is CCN(CC)C(N)=NCCCc1ccc(C(C)C)cc1. The monoisotopic (exact) mass is 275 g/mol. The van der Waals surface area contributed by atoms with Gasteiger partial charge in [0, 0.05) is 19.6 Å². The Morgan fingerprint density at radius 2 is 1.75 bits per heavy atom. The van der Waals surface area contributed by atoms with Gasteiger partial charge < -0.3 is 10.6 Å². The van der Waals surface area contributed by atoms with Crippen LogP contribution in [0.2, 0.25) is 0 Å². The molecule has 0 aliphatic carbocycles. The van der Waals surface area contributed by atoms with Gasteiger partial charge in [0.1, 0.15) is 0 Å². The molecule has 0 heterocycles. The lowest BCUT2D eigenvalue weighted by Gasteiger charge is -2.19. The first-order chi connectivity index (χ1) is 9.58. The summed E-state index contributed by atoms with van der Waals surface area (Å²) in [5, 5.41) is 0. The summed E-state index contributed by atoms with van der Waals surface area (Å²) < 4.78 is 0. The van der Waals surface area contributed by atoms with Crippen LogP contribution in [-0.2, 0) is 6.42 Å². The highest BCUT2D eigenvalue weighted by Gasteiger charge is 2.02. The number of rotatable bonds is 7. The van der Waals surface area contributed by atoms with Gasteiger partial charge in [0.25, 0.3) is 0 Å². The van der Waals surface area contributed by atoms with Gasteiger partial charge in [0.2, 0.25) is 0 Å². The molecule has 0 spiro atoms. The minimum atomic E-state index is 0.600. The third-order valence-electron chi connectivity index (χ3n) is 3.63. The number of hydrogen-bond donors (Lipinski definition) is 1. The van der Waals surface area contributed by atoms with Gasteiger partial charge in [0.05, 0.1) is 0 Å². The highest BCUT2D eigenvalue weighted by Crippen LogP contribution is 2.15. The number of nitrogens with two attached hydrogens (primary N) is 1. The first-order valence-corrected chi connectivity index (χ1v) is 7.72. The Kier molecular flexibility index (Phi) is 7.13. The van der Waals surface area contributed by atoms with Gasteiger partial charge >= 0.3 is 0 Å².